The number of aryl methyl sites for hydroxylation is 2. The normalized spacial score (nSPS) is 14.4. The predicted octanol–water partition coefficient (Wildman–Crippen LogP) is 3.35. The second-order valence-corrected chi connectivity index (χ2v) is 9.00. The summed E-state index contributed by atoms with van der Waals surface area (Å²) in [6, 6.07) is 16.4. The van der Waals surface area contributed by atoms with Crippen molar-refractivity contribution in [2.24, 2.45) is 0 Å². The number of nitrogens with zero attached hydrogens (tertiary/aromatic N) is 2. The summed E-state index contributed by atoms with van der Waals surface area (Å²) in [6.07, 6.45) is 0. The Hall–Kier alpha value is -2.74. The van der Waals surface area contributed by atoms with Crippen LogP contribution in [0.3, 0.4) is 0 Å². The van der Waals surface area contributed by atoms with Crippen LogP contribution in [0.4, 0.5) is 0 Å². The van der Waals surface area contributed by atoms with Gasteiger partial charge in [0, 0.05) is 38.3 Å². The minimum absolute atomic E-state index is 0.0570. The third kappa shape index (κ3) is 5.99. The summed E-state index contributed by atoms with van der Waals surface area (Å²) in [4.78, 5) is 20.6. The van der Waals surface area contributed by atoms with E-state index in [9.17, 15) is 4.79 Å². The Labute approximate surface area is 200 Å². The average molecular weight is 465 g/mol. The van der Waals surface area contributed by atoms with Crippen LogP contribution in [-0.2, 0) is 17.8 Å². The van der Waals surface area contributed by atoms with Gasteiger partial charge in [-0.25, -0.2) is 0 Å². The molecule has 0 bridgehead atoms. The fraction of sp³-hybridized carbons (Fsp3) is 0.385. The topological polar surface area (TPSA) is 60.6 Å². The van der Waals surface area contributed by atoms with Crippen LogP contribution in [0.25, 0.3) is 10.9 Å². The first-order chi connectivity index (χ1) is 16.0. The van der Waals surface area contributed by atoms with E-state index in [4.69, 9.17) is 17.0 Å². The number of hydrogen-bond acceptors (Lipinski definition) is 4. The lowest BCUT2D eigenvalue weighted by Gasteiger charge is -2.31. The average Bonchev–Trinajstić information content (AvgIpc) is 2.84. The van der Waals surface area contributed by atoms with Crippen molar-refractivity contribution in [1.82, 2.24) is 20.1 Å². The number of rotatable bonds is 7. The maximum absolute atomic E-state index is 13.0. The Bertz CT molecular complexity index is 1160. The molecule has 0 aliphatic carbocycles. The van der Waals surface area contributed by atoms with E-state index in [2.05, 4.69) is 51.3 Å². The molecule has 0 atom stereocenters. The van der Waals surface area contributed by atoms with E-state index in [1.54, 1.807) is 0 Å². The molecule has 174 valence electrons. The molecule has 1 aromatic heterocycles. The minimum Gasteiger partial charge on any atom is -0.379 e. The molecule has 0 unspecified atom stereocenters. The fourth-order valence-corrected chi connectivity index (χ4v) is 4.35. The first kappa shape index (κ1) is 23.4. The van der Waals surface area contributed by atoms with E-state index < -0.39 is 0 Å². The van der Waals surface area contributed by atoms with Crippen LogP contribution in [0.1, 0.15) is 22.3 Å². The van der Waals surface area contributed by atoms with Crippen LogP contribution in [0.5, 0.6) is 0 Å². The van der Waals surface area contributed by atoms with Crippen molar-refractivity contribution in [3.05, 3.63) is 81.1 Å². The van der Waals surface area contributed by atoms with Gasteiger partial charge < -0.3 is 19.9 Å². The van der Waals surface area contributed by atoms with Gasteiger partial charge in [-0.2, -0.15) is 0 Å². The molecule has 0 saturated carbocycles. The van der Waals surface area contributed by atoms with Gasteiger partial charge >= 0.3 is 0 Å². The summed E-state index contributed by atoms with van der Waals surface area (Å²) in [5.41, 5.74) is 5.02. The molecule has 2 heterocycles. The predicted molar refractivity (Wildman–Crippen MR) is 138 cm³/mol. The van der Waals surface area contributed by atoms with Crippen LogP contribution >= 0.6 is 12.2 Å². The fourth-order valence-electron chi connectivity index (χ4n) is 4.12. The maximum atomic E-state index is 13.0. The molecular formula is C26H32N4O2S. The number of aromatic amines is 1. The van der Waals surface area contributed by atoms with Gasteiger partial charge in [0.05, 0.1) is 25.3 Å². The summed E-state index contributed by atoms with van der Waals surface area (Å²) >= 11 is 5.78. The molecule has 1 aliphatic rings. The molecule has 3 aromatic rings. The molecule has 1 aliphatic heterocycles. The minimum atomic E-state index is -0.0570. The van der Waals surface area contributed by atoms with Gasteiger partial charge in [-0.1, -0.05) is 42.5 Å². The maximum Gasteiger partial charge on any atom is 0.253 e. The van der Waals surface area contributed by atoms with E-state index in [0.29, 0.717) is 18.2 Å². The summed E-state index contributed by atoms with van der Waals surface area (Å²) < 4.78 is 5.47. The van der Waals surface area contributed by atoms with Crippen molar-refractivity contribution >= 4 is 28.2 Å². The van der Waals surface area contributed by atoms with Gasteiger partial charge in [0.25, 0.3) is 5.56 Å². The number of aromatic nitrogens is 1. The Balaban J connectivity index is 1.52. The third-order valence-electron chi connectivity index (χ3n) is 6.35. The van der Waals surface area contributed by atoms with E-state index in [-0.39, 0.29) is 5.56 Å². The standard InChI is InChI=1S/C26H32N4O2S/c1-19-8-9-22-16-23(25(31)28-24(22)20(19)2)18-30(11-10-29-12-14-32-15-13-29)26(33)27-17-21-6-4-3-5-7-21/h3-9,16H,10-15,17-18H2,1-2H3,(H,27,33)(H,28,31). The van der Waals surface area contributed by atoms with Crippen LogP contribution in [0.15, 0.2) is 53.3 Å². The van der Waals surface area contributed by atoms with Crippen LogP contribution in [0.2, 0.25) is 0 Å². The number of nitrogens with one attached hydrogen (secondary N) is 2. The van der Waals surface area contributed by atoms with E-state index in [1.165, 1.54) is 11.1 Å². The highest BCUT2D eigenvalue weighted by Gasteiger charge is 2.17. The first-order valence-electron chi connectivity index (χ1n) is 11.5. The van der Waals surface area contributed by atoms with Crippen molar-refractivity contribution in [2.45, 2.75) is 26.9 Å². The molecule has 0 spiro atoms. The van der Waals surface area contributed by atoms with Crippen LogP contribution in [0, 0.1) is 13.8 Å². The molecule has 4 rings (SSSR count). The highest BCUT2D eigenvalue weighted by atomic mass is 32.1. The number of fused-ring (bicyclic) bond motifs is 1. The van der Waals surface area contributed by atoms with Crippen LogP contribution in [-0.4, -0.2) is 59.3 Å². The summed E-state index contributed by atoms with van der Waals surface area (Å²) in [7, 11) is 0. The van der Waals surface area contributed by atoms with Gasteiger partial charge in [0.1, 0.15) is 0 Å². The quantitative estimate of drug-likeness (QED) is 0.523. The van der Waals surface area contributed by atoms with Gasteiger partial charge in [-0.15, -0.1) is 0 Å². The smallest absolute Gasteiger partial charge is 0.253 e. The third-order valence-corrected chi connectivity index (χ3v) is 6.76. The lowest BCUT2D eigenvalue weighted by atomic mass is 10.0. The number of benzene rings is 2. The van der Waals surface area contributed by atoms with Crippen molar-refractivity contribution in [2.75, 3.05) is 39.4 Å². The molecule has 7 heteroatoms. The molecule has 33 heavy (non-hydrogen) atoms. The number of pyridine rings is 1. The largest absolute Gasteiger partial charge is 0.379 e. The van der Waals surface area contributed by atoms with Gasteiger partial charge in [-0.3, -0.25) is 9.69 Å². The second-order valence-electron chi connectivity index (χ2n) is 8.62. The second kappa shape index (κ2) is 10.9. The van der Waals surface area contributed by atoms with Crippen molar-refractivity contribution in [3.8, 4) is 0 Å². The van der Waals surface area contributed by atoms with Gasteiger partial charge in [0.2, 0.25) is 0 Å². The summed E-state index contributed by atoms with van der Waals surface area (Å²) in [6.45, 7) is 10.2. The van der Waals surface area contributed by atoms with Gasteiger partial charge in [0.15, 0.2) is 5.11 Å². The first-order valence-corrected chi connectivity index (χ1v) is 11.9. The molecular weight excluding hydrogens is 432 g/mol. The van der Waals surface area contributed by atoms with E-state index >= 15 is 0 Å². The zero-order valence-electron chi connectivity index (χ0n) is 19.4. The number of morpholine rings is 1. The van der Waals surface area contributed by atoms with E-state index in [0.717, 1.165) is 61.4 Å². The summed E-state index contributed by atoms with van der Waals surface area (Å²) in [5.74, 6) is 0. The number of H-pyrrole nitrogens is 1. The number of hydrogen-bond donors (Lipinski definition) is 2. The van der Waals surface area contributed by atoms with Crippen molar-refractivity contribution < 1.29 is 4.74 Å². The Kier molecular flexibility index (Phi) is 7.75. The SMILES string of the molecule is Cc1ccc2cc(CN(CCN3CCOCC3)C(=S)NCc3ccccc3)c(=O)[nH]c2c1C. The Morgan fingerprint density at radius 1 is 1.15 bits per heavy atom. The summed E-state index contributed by atoms with van der Waals surface area (Å²) in [5, 5.41) is 5.09. The molecule has 0 amide bonds. The Morgan fingerprint density at radius 3 is 2.67 bits per heavy atom. The molecule has 1 saturated heterocycles. The van der Waals surface area contributed by atoms with E-state index in [1.807, 2.05) is 31.2 Å². The monoisotopic (exact) mass is 464 g/mol. The highest BCUT2D eigenvalue weighted by molar-refractivity contribution is 7.80. The van der Waals surface area contributed by atoms with Crippen molar-refractivity contribution in [3.63, 3.8) is 0 Å². The number of thiocarbonyl (C=S) groups is 1. The molecule has 0 radical (unpaired) electrons. The lowest BCUT2D eigenvalue weighted by Crippen LogP contribution is -2.46. The van der Waals surface area contributed by atoms with Crippen LogP contribution < -0.4 is 10.9 Å². The zero-order valence-corrected chi connectivity index (χ0v) is 20.2. The van der Waals surface area contributed by atoms with Crippen molar-refractivity contribution in [1.29, 1.82) is 0 Å². The molecule has 2 N–H and O–H groups in total. The molecule has 6 nitrogen and oxygen atoms in total. The number of ether oxygens (including phenoxy) is 1. The molecule has 2 aromatic carbocycles. The Morgan fingerprint density at radius 2 is 1.91 bits per heavy atom. The molecule has 1 fully saturated rings. The highest BCUT2D eigenvalue weighted by Crippen LogP contribution is 2.19. The zero-order chi connectivity index (χ0) is 23.2. The lowest BCUT2D eigenvalue weighted by molar-refractivity contribution is 0.0357. The van der Waals surface area contributed by atoms with Gasteiger partial charge in [-0.05, 0) is 54.2 Å².